The lowest BCUT2D eigenvalue weighted by atomic mass is 9.71. The Labute approximate surface area is 234 Å². The zero-order chi connectivity index (χ0) is 29.8. The minimum atomic E-state index is -5.24. The van der Waals surface area contributed by atoms with Crippen molar-refractivity contribution in [2.75, 3.05) is 32.1 Å². The van der Waals surface area contributed by atoms with Gasteiger partial charge in [-0.2, -0.15) is 13.2 Å². The summed E-state index contributed by atoms with van der Waals surface area (Å²) in [6.45, 7) is 2.81. The van der Waals surface area contributed by atoms with Gasteiger partial charge in [-0.15, -0.1) is 0 Å². The Kier molecular flexibility index (Phi) is 7.16. The highest BCUT2D eigenvalue weighted by Crippen LogP contribution is 2.48. The van der Waals surface area contributed by atoms with Gasteiger partial charge >= 0.3 is 6.18 Å². The van der Waals surface area contributed by atoms with Gasteiger partial charge in [0.2, 0.25) is 5.60 Å². The van der Waals surface area contributed by atoms with Gasteiger partial charge in [-0.05, 0) is 62.1 Å². The number of amides is 1. The molecule has 0 bridgehead atoms. The largest absolute Gasteiger partial charge is 0.495 e. The number of alkyl halides is 3. The first-order valence-electron chi connectivity index (χ1n) is 13.2. The standard InChI is InChI=1S/C29H32F4N4O4/c1-26(34)15-41-27(2)21(26)13-22(37-24(27)16-6-8-19(30)9-7-16)28(39,29(31,32)33)14-36-25(38)18-11-17-5-4-10-35-23(17)20(12-18)40-3/h6-9,11-13,21,35,39H,4-5,10,14-15,34H2,1-3H3,(H,36,38). The maximum Gasteiger partial charge on any atom is 0.424 e. The molecular formula is C29H32F4N4O4. The van der Waals surface area contributed by atoms with Crippen LogP contribution in [-0.2, 0) is 11.2 Å². The van der Waals surface area contributed by atoms with Crippen LogP contribution >= 0.6 is 0 Å². The number of nitrogens with zero attached hydrogens (tertiary/aromatic N) is 1. The number of carbonyl (C=O) groups is 1. The molecule has 2 aromatic rings. The molecular weight excluding hydrogens is 544 g/mol. The van der Waals surface area contributed by atoms with E-state index < -0.39 is 52.8 Å². The molecule has 3 heterocycles. The van der Waals surface area contributed by atoms with Crippen LogP contribution in [0, 0.1) is 11.7 Å². The van der Waals surface area contributed by atoms with Crippen molar-refractivity contribution in [3.05, 3.63) is 70.7 Å². The highest BCUT2D eigenvalue weighted by molar-refractivity contribution is 6.08. The van der Waals surface area contributed by atoms with Crippen molar-refractivity contribution in [1.82, 2.24) is 5.32 Å². The second-order valence-electron chi connectivity index (χ2n) is 11.2. The van der Waals surface area contributed by atoms with E-state index in [2.05, 4.69) is 15.6 Å². The van der Waals surface area contributed by atoms with Crippen LogP contribution in [0.15, 0.2) is 53.2 Å². The lowest BCUT2D eigenvalue weighted by Crippen LogP contribution is -2.58. The molecule has 5 N–H and O–H groups in total. The third-order valence-corrected chi connectivity index (χ3v) is 8.12. The van der Waals surface area contributed by atoms with Gasteiger partial charge in [0.15, 0.2) is 0 Å². The summed E-state index contributed by atoms with van der Waals surface area (Å²) >= 11 is 0. The number of benzene rings is 2. The zero-order valence-electron chi connectivity index (χ0n) is 22.9. The van der Waals surface area contributed by atoms with Crippen molar-refractivity contribution >= 4 is 17.3 Å². The van der Waals surface area contributed by atoms with E-state index in [0.29, 0.717) is 17.7 Å². The first-order valence-corrected chi connectivity index (χ1v) is 13.2. The van der Waals surface area contributed by atoms with Crippen molar-refractivity contribution in [3.63, 3.8) is 0 Å². The minimum Gasteiger partial charge on any atom is -0.495 e. The molecule has 0 radical (unpaired) electrons. The lowest BCUT2D eigenvalue weighted by molar-refractivity contribution is -0.241. The third-order valence-electron chi connectivity index (χ3n) is 8.12. The van der Waals surface area contributed by atoms with Crippen molar-refractivity contribution in [2.45, 2.75) is 49.6 Å². The number of rotatable bonds is 6. The summed E-state index contributed by atoms with van der Waals surface area (Å²) in [6.07, 6.45) is -2.58. The number of aryl methyl sites for hydroxylation is 1. The smallest absolute Gasteiger partial charge is 0.424 e. The van der Waals surface area contributed by atoms with Crippen molar-refractivity contribution < 1.29 is 36.9 Å². The Morgan fingerprint density at radius 2 is 1.98 bits per heavy atom. The molecule has 0 spiro atoms. The van der Waals surface area contributed by atoms with E-state index in [1.165, 1.54) is 31.4 Å². The average molecular weight is 577 g/mol. The van der Waals surface area contributed by atoms with Crippen LogP contribution in [0.4, 0.5) is 23.2 Å². The van der Waals surface area contributed by atoms with E-state index in [9.17, 15) is 27.5 Å². The monoisotopic (exact) mass is 576 g/mol. The van der Waals surface area contributed by atoms with E-state index in [4.69, 9.17) is 15.2 Å². The van der Waals surface area contributed by atoms with Crippen molar-refractivity contribution in [1.29, 1.82) is 0 Å². The fourth-order valence-corrected chi connectivity index (χ4v) is 5.80. The Balaban J connectivity index is 1.52. The SMILES string of the molecule is COc1cc(C(=O)NCC(O)(C2=CC3C(C)(N)COC3(C)C(c3ccc(F)cc3)=N2)C(F)(F)F)cc2c1NCCC2. The number of hydrogen-bond donors (Lipinski definition) is 4. The van der Waals surface area contributed by atoms with E-state index in [0.717, 1.165) is 36.3 Å². The molecule has 12 heteroatoms. The van der Waals surface area contributed by atoms with E-state index in [1.54, 1.807) is 19.9 Å². The van der Waals surface area contributed by atoms with Gasteiger partial charge in [-0.1, -0.05) is 18.2 Å². The fraction of sp³-hybridized carbons (Fsp3) is 0.448. The molecule has 220 valence electrons. The molecule has 0 aliphatic carbocycles. The zero-order valence-corrected chi connectivity index (χ0v) is 22.9. The van der Waals surface area contributed by atoms with E-state index >= 15 is 0 Å². The quantitative estimate of drug-likeness (QED) is 0.390. The van der Waals surface area contributed by atoms with Crippen LogP contribution in [0.2, 0.25) is 0 Å². The van der Waals surface area contributed by atoms with Gasteiger partial charge in [-0.25, -0.2) is 4.39 Å². The molecule has 5 rings (SSSR count). The maximum atomic E-state index is 14.6. The van der Waals surface area contributed by atoms with Gasteiger partial charge in [0.1, 0.15) is 17.2 Å². The van der Waals surface area contributed by atoms with Crippen LogP contribution in [0.3, 0.4) is 0 Å². The second kappa shape index (κ2) is 10.1. The summed E-state index contributed by atoms with van der Waals surface area (Å²) in [5.41, 5.74) is 1.80. The van der Waals surface area contributed by atoms with Crippen LogP contribution < -0.4 is 21.1 Å². The minimum absolute atomic E-state index is 0.00830. The van der Waals surface area contributed by atoms with Crippen LogP contribution in [0.1, 0.15) is 41.8 Å². The number of aliphatic imine (C=N–C) groups is 1. The van der Waals surface area contributed by atoms with Gasteiger partial charge in [0.25, 0.3) is 5.91 Å². The van der Waals surface area contributed by atoms with Gasteiger partial charge in [0.05, 0.1) is 37.4 Å². The number of methoxy groups -OCH3 is 1. The van der Waals surface area contributed by atoms with Gasteiger partial charge in [0, 0.05) is 23.6 Å². The van der Waals surface area contributed by atoms with Gasteiger partial charge in [-0.3, -0.25) is 9.79 Å². The van der Waals surface area contributed by atoms with E-state index in [1.807, 2.05) is 0 Å². The number of carbonyl (C=O) groups excluding carboxylic acids is 1. The predicted molar refractivity (Wildman–Crippen MR) is 145 cm³/mol. The second-order valence-corrected chi connectivity index (χ2v) is 11.2. The molecule has 3 aliphatic heterocycles. The molecule has 1 fully saturated rings. The highest BCUT2D eigenvalue weighted by Gasteiger charge is 2.62. The molecule has 0 saturated carbocycles. The third kappa shape index (κ3) is 4.98. The number of halogens is 4. The fourth-order valence-electron chi connectivity index (χ4n) is 5.80. The summed E-state index contributed by atoms with van der Waals surface area (Å²) in [6, 6.07) is 8.10. The molecule has 41 heavy (non-hydrogen) atoms. The number of aliphatic hydroxyl groups is 1. The number of hydrogen-bond acceptors (Lipinski definition) is 7. The Morgan fingerprint density at radius 1 is 1.27 bits per heavy atom. The Bertz CT molecular complexity index is 1410. The molecule has 3 aliphatic rings. The Hall–Kier alpha value is -3.48. The lowest BCUT2D eigenvalue weighted by Gasteiger charge is -2.41. The van der Waals surface area contributed by atoms with Gasteiger partial charge < -0.3 is 30.9 Å². The highest BCUT2D eigenvalue weighted by atomic mass is 19.4. The molecule has 4 atom stereocenters. The first-order chi connectivity index (χ1) is 19.2. The summed E-state index contributed by atoms with van der Waals surface area (Å²) < 4.78 is 69.0. The molecule has 8 nitrogen and oxygen atoms in total. The number of nitrogens with two attached hydrogens (primary N) is 1. The van der Waals surface area contributed by atoms with E-state index in [-0.39, 0.29) is 17.9 Å². The maximum absolute atomic E-state index is 14.6. The topological polar surface area (TPSA) is 118 Å². The molecule has 0 aromatic heterocycles. The molecule has 1 saturated heterocycles. The number of ether oxygens (including phenoxy) is 2. The Morgan fingerprint density at radius 3 is 2.63 bits per heavy atom. The molecule has 1 amide bonds. The molecule has 4 unspecified atom stereocenters. The number of nitrogens with one attached hydrogen (secondary N) is 2. The van der Waals surface area contributed by atoms with Crippen LogP contribution in [-0.4, -0.2) is 66.4 Å². The average Bonchev–Trinajstić information content (AvgIpc) is 3.18. The summed E-state index contributed by atoms with van der Waals surface area (Å²) in [7, 11) is 1.44. The predicted octanol–water partition coefficient (Wildman–Crippen LogP) is 3.72. The van der Waals surface area contributed by atoms with Crippen LogP contribution in [0.25, 0.3) is 0 Å². The van der Waals surface area contributed by atoms with Crippen LogP contribution in [0.5, 0.6) is 5.75 Å². The summed E-state index contributed by atoms with van der Waals surface area (Å²) in [4.78, 5) is 17.4. The number of anilines is 1. The molecule has 2 aromatic carbocycles. The number of fused-ring (bicyclic) bond motifs is 2. The first kappa shape index (κ1) is 29.0. The van der Waals surface area contributed by atoms with Crippen molar-refractivity contribution in [3.8, 4) is 5.75 Å². The normalized spacial score (nSPS) is 27.0. The van der Waals surface area contributed by atoms with Crippen molar-refractivity contribution in [2.24, 2.45) is 16.6 Å². The summed E-state index contributed by atoms with van der Waals surface area (Å²) in [5.74, 6) is -1.80. The summed E-state index contributed by atoms with van der Waals surface area (Å²) in [5, 5.41) is 16.7.